The first kappa shape index (κ1) is 25.9. The Hall–Kier alpha value is -3.72. The summed E-state index contributed by atoms with van der Waals surface area (Å²) in [7, 11) is 1.64. The van der Waals surface area contributed by atoms with Crippen molar-refractivity contribution in [2.45, 2.75) is 45.3 Å². The predicted octanol–water partition coefficient (Wildman–Crippen LogP) is 5.83. The number of imidazole rings is 1. The Morgan fingerprint density at radius 2 is 1.97 bits per heavy atom. The van der Waals surface area contributed by atoms with E-state index in [2.05, 4.69) is 21.1 Å². The van der Waals surface area contributed by atoms with Crippen molar-refractivity contribution in [3.63, 3.8) is 0 Å². The van der Waals surface area contributed by atoms with Gasteiger partial charge in [-0.1, -0.05) is 18.1 Å². The number of oxime groups is 1. The minimum absolute atomic E-state index is 0.183. The second-order valence-electron chi connectivity index (χ2n) is 9.59. The van der Waals surface area contributed by atoms with Crippen molar-refractivity contribution in [3.8, 4) is 11.4 Å². The van der Waals surface area contributed by atoms with Crippen molar-refractivity contribution in [1.29, 1.82) is 0 Å². The van der Waals surface area contributed by atoms with E-state index in [0.717, 1.165) is 47.8 Å². The van der Waals surface area contributed by atoms with Crippen LogP contribution in [0, 0.1) is 18.6 Å². The molecule has 2 aliphatic heterocycles. The number of nitrogens with zero attached hydrogens (tertiary/aromatic N) is 4. The van der Waals surface area contributed by atoms with E-state index in [-0.39, 0.29) is 6.61 Å². The van der Waals surface area contributed by atoms with Gasteiger partial charge in [0.2, 0.25) is 0 Å². The van der Waals surface area contributed by atoms with Crippen molar-refractivity contribution in [2.75, 3.05) is 26.9 Å². The fraction of sp³-hybridized carbons (Fsp3) is 0.379. The summed E-state index contributed by atoms with van der Waals surface area (Å²) in [4.78, 5) is 12.1. The second-order valence-corrected chi connectivity index (χ2v) is 9.59. The van der Waals surface area contributed by atoms with Crippen molar-refractivity contribution in [2.24, 2.45) is 5.16 Å². The van der Waals surface area contributed by atoms with Crippen LogP contribution in [0.1, 0.15) is 49.0 Å². The van der Waals surface area contributed by atoms with Crippen molar-refractivity contribution >= 4 is 11.9 Å². The molecule has 0 amide bonds. The molecule has 3 aromatic rings. The highest BCUT2D eigenvalue weighted by Gasteiger charge is 2.38. The maximum atomic E-state index is 14.3. The monoisotopic (exact) mass is 522 g/mol. The Kier molecular flexibility index (Phi) is 7.74. The van der Waals surface area contributed by atoms with Gasteiger partial charge in [-0.25, -0.2) is 13.8 Å². The third kappa shape index (κ3) is 5.43. The lowest BCUT2D eigenvalue weighted by molar-refractivity contribution is -0.0405. The maximum absolute atomic E-state index is 14.3. The molecule has 0 radical (unpaired) electrons. The summed E-state index contributed by atoms with van der Waals surface area (Å²) in [5.41, 5.74) is 4.23. The molecule has 38 heavy (non-hydrogen) atoms. The van der Waals surface area contributed by atoms with Gasteiger partial charge in [-0.05, 0) is 73.2 Å². The molecule has 0 bridgehead atoms. The van der Waals surface area contributed by atoms with Crippen LogP contribution in [0.15, 0.2) is 59.7 Å². The maximum Gasteiger partial charge on any atom is 0.172 e. The Labute approximate surface area is 221 Å². The van der Waals surface area contributed by atoms with E-state index in [1.54, 1.807) is 13.4 Å². The van der Waals surface area contributed by atoms with Crippen LogP contribution in [-0.2, 0) is 9.57 Å². The lowest BCUT2D eigenvalue weighted by atomic mass is 9.93. The summed E-state index contributed by atoms with van der Waals surface area (Å²) in [5.74, 6) is 0.128. The summed E-state index contributed by atoms with van der Waals surface area (Å²) in [6.45, 7) is 5.32. The van der Waals surface area contributed by atoms with E-state index in [0.29, 0.717) is 30.3 Å². The van der Waals surface area contributed by atoms with E-state index in [1.807, 2.05) is 42.8 Å². The van der Waals surface area contributed by atoms with Crippen LogP contribution in [0.25, 0.3) is 11.8 Å². The minimum atomic E-state index is -0.619. The van der Waals surface area contributed by atoms with Crippen molar-refractivity contribution < 1.29 is 23.1 Å². The minimum Gasteiger partial charge on any atom is -0.495 e. The number of aryl methyl sites for hydroxylation is 1. The normalized spacial score (nSPS) is 20.5. The number of methoxy groups -OCH3 is 1. The average molecular weight is 523 g/mol. The zero-order valence-corrected chi connectivity index (χ0v) is 21.9. The third-order valence-electron chi connectivity index (χ3n) is 6.78. The summed E-state index contributed by atoms with van der Waals surface area (Å²) < 4.78 is 42.3. The Morgan fingerprint density at radius 1 is 1.16 bits per heavy atom. The Bertz CT molecular complexity index is 1330. The first-order valence-electron chi connectivity index (χ1n) is 12.9. The standard InChI is InChI=1S/C29H32F2N4O3/c1-4-10-37-27-17-38-33-29-21(6-5-9-35(29)28(27)22-13-23(30)15-24(31)14-22)11-20-7-8-25(26(12-20)36-3)34-16-19(2)32-18-34/h7-8,11-16,18,27-28H,4-6,9-10,17H2,1-3H3/b21-11+/t27-,28+/m1/s1. The zero-order chi connectivity index (χ0) is 26.6. The molecule has 7 nitrogen and oxygen atoms in total. The first-order valence-corrected chi connectivity index (χ1v) is 12.9. The van der Waals surface area contributed by atoms with Gasteiger partial charge in [0.25, 0.3) is 0 Å². The molecular weight excluding hydrogens is 490 g/mol. The average Bonchev–Trinajstić information content (AvgIpc) is 3.23. The number of rotatable bonds is 7. The summed E-state index contributed by atoms with van der Waals surface area (Å²) in [5, 5.41) is 4.48. The van der Waals surface area contributed by atoms with Crippen LogP contribution in [0.5, 0.6) is 5.75 Å². The molecule has 0 spiro atoms. The van der Waals surface area contributed by atoms with E-state index in [9.17, 15) is 8.78 Å². The number of hydrogen-bond acceptors (Lipinski definition) is 6. The number of piperidine rings is 1. The van der Waals surface area contributed by atoms with Gasteiger partial charge in [0.15, 0.2) is 5.84 Å². The molecule has 0 N–H and O–H groups in total. The van der Waals surface area contributed by atoms with E-state index in [1.165, 1.54) is 12.1 Å². The molecule has 1 fully saturated rings. The fourth-order valence-electron chi connectivity index (χ4n) is 5.12. The van der Waals surface area contributed by atoms with Crippen LogP contribution in [0.2, 0.25) is 0 Å². The SMILES string of the molecule is CCCO[C@@H]1CON=C2/C(=C/c3ccc(-n4cnc(C)c4)c(OC)c3)CCCN2[C@H]1c1cc(F)cc(F)c1. The van der Waals surface area contributed by atoms with Crippen molar-refractivity contribution in [3.05, 3.63) is 83.0 Å². The first-order chi connectivity index (χ1) is 18.5. The lowest BCUT2D eigenvalue weighted by Crippen LogP contribution is -2.45. The Morgan fingerprint density at radius 3 is 2.68 bits per heavy atom. The molecule has 0 saturated carbocycles. The summed E-state index contributed by atoms with van der Waals surface area (Å²) in [6.07, 6.45) is 7.78. The van der Waals surface area contributed by atoms with Crippen LogP contribution in [0.4, 0.5) is 8.78 Å². The number of hydrogen-bond donors (Lipinski definition) is 0. The summed E-state index contributed by atoms with van der Waals surface area (Å²) in [6, 6.07) is 9.17. The van der Waals surface area contributed by atoms with Crippen LogP contribution in [0.3, 0.4) is 0 Å². The molecule has 0 unspecified atom stereocenters. The van der Waals surface area contributed by atoms with Crippen molar-refractivity contribution in [1.82, 2.24) is 14.5 Å². The third-order valence-corrected chi connectivity index (χ3v) is 6.78. The van der Waals surface area contributed by atoms with Crippen LogP contribution in [-0.4, -0.2) is 53.3 Å². The van der Waals surface area contributed by atoms with Crippen LogP contribution >= 0.6 is 0 Å². The fourth-order valence-corrected chi connectivity index (χ4v) is 5.12. The molecule has 1 aromatic heterocycles. The summed E-state index contributed by atoms with van der Waals surface area (Å²) >= 11 is 0. The van der Waals surface area contributed by atoms with Gasteiger partial charge in [0, 0.05) is 25.4 Å². The highest BCUT2D eigenvalue weighted by Crippen LogP contribution is 2.36. The van der Waals surface area contributed by atoms with E-state index >= 15 is 0 Å². The van der Waals surface area contributed by atoms with Gasteiger partial charge in [0.05, 0.1) is 30.9 Å². The second kappa shape index (κ2) is 11.3. The lowest BCUT2D eigenvalue weighted by Gasteiger charge is -2.39. The molecular formula is C29H32F2N4O3. The molecule has 2 atom stereocenters. The molecule has 5 rings (SSSR count). The predicted molar refractivity (Wildman–Crippen MR) is 141 cm³/mol. The number of aromatic nitrogens is 2. The number of halogens is 2. The highest BCUT2D eigenvalue weighted by molar-refractivity contribution is 6.02. The number of fused-ring (bicyclic) bond motifs is 1. The zero-order valence-electron chi connectivity index (χ0n) is 21.9. The largest absolute Gasteiger partial charge is 0.495 e. The molecule has 2 aromatic carbocycles. The molecule has 9 heteroatoms. The molecule has 3 heterocycles. The number of ether oxygens (including phenoxy) is 2. The van der Waals surface area contributed by atoms with Gasteiger partial charge < -0.3 is 23.8 Å². The quantitative estimate of drug-likeness (QED) is 0.391. The van der Waals surface area contributed by atoms with Gasteiger partial charge in [-0.15, -0.1) is 0 Å². The number of benzene rings is 2. The molecule has 0 aliphatic carbocycles. The van der Waals surface area contributed by atoms with Gasteiger partial charge >= 0.3 is 0 Å². The molecule has 2 aliphatic rings. The van der Waals surface area contributed by atoms with Gasteiger partial charge in [0.1, 0.15) is 30.1 Å². The topological polar surface area (TPSA) is 61.1 Å². The number of amidine groups is 1. The Balaban J connectivity index is 1.51. The van der Waals surface area contributed by atoms with E-state index in [4.69, 9.17) is 14.3 Å². The van der Waals surface area contributed by atoms with Gasteiger partial charge in [-0.3, -0.25) is 0 Å². The molecule has 200 valence electrons. The van der Waals surface area contributed by atoms with Gasteiger partial charge in [-0.2, -0.15) is 0 Å². The van der Waals surface area contributed by atoms with Crippen LogP contribution < -0.4 is 4.74 Å². The smallest absolute Gasteiger partial charge is 0.172 e. The van der Waals surface area contributed by atoms with E-state index < -0.39 is 23.8 Å². The highest BCUT2D eigenvalue weighted by atomic mass is 19.1. The molecule has 1 saturated heterocycles.